The number of carbonyl (C=O) groups excluding carboxylic acids is 1. The first-order valence-electron chi connectivity index (χ1n) is 13.2. The largest absolute Gasteiger partial charge is 0.457 e. The SMILES string of the molecule is C=CC(=O)N1CCN(c2ncc3ncnc(Nc4ccc(Oc5ccc6c(c5)nnn6C)c(C)c4)c3n2)CC1(C)C. The maximum atomic E-state index is 12.3. The number of nitrogens with one attached hydrogen (secondary N) is 1. The van der Waals surface area contributed by atoms with Gasteiger partial charge >= 0.3 is 0 Å². The summed E-state index contributed by atoms with van der Waals surface area (Å²) in [7, 11) is 1.86. The van der Waals surface area contributed by atoms with Crippen LogP contribution in [0.4, 0.5) is 17.5 Å². The van der Waals surface area contributed by atoms with Crippen LogP contribution in [0.3, 0.4) is 0 Å². The summed E-state index contributed by atoms with van der Waals surface area (Å²) in [5, 5.41) is 11.6. The second-order valence-electron chi connectivity index (χ2n) is 10.6. The highest BCUT2D eigenvalue weighted by Crippen LogP contribution is 2.31. The van der Waals surface area contributed by atoms with Gasteiger partial charge < -0.3 is 19.9 Å². The highest BCUT2D eigenvalue weighted by Gasteiger charge is 2.36. The highest BCUT2D eigenvalue weighted by atomic mass is 16.5. The fourth-order valence-corrected chi connectivity index (χ4v) is 5.12. The Morgan fingerprint density at radius 1 is 1.10 bits per heavy atom. The van der Waals surface area contributed by atoms with Crippen molar-refractivity contribution in [1.82, 2.24) is 39.8 Å². The minimum atomic E-state index is -0.405. The van der Waals surface area contributed by atoms with E-state index >= 15 is 0 Å². The molecule has 12 nitrogen and oxygen atoms in total. The zero-order chi connectivity index (χ0) is 28.7. The first kappa shape index (κ1) is 26.1. The van der Waals surface area contributed by atoms with Crippen LogP contribution in [0.5, 0.6) is 11.5 Å². The van der Waals surface area contributed by atoms with E-state index in [1.54, 1.807) is 10.9 Å². The molecule has 1 fully saturated rings. The molecule has 1 aliphatic rings. The van der Waals surface area contributed by atoms with Crippen LogP contribution in [-0.4, -0.2) is 70.9 Å². The number of rotatable bonds is 6. The highest BCUT2D eigenvalue weighted by molar-refractivity contribution is 5.88. The summed E-state index contributed by atoms with van der Waals surface area (Å²) in [6.07, 6.45) is 4.55. The van der Waals surface area contributed by atoms with Crippen molar-refractivity contribution in [2.45, 2.75) is 26.3 Å². The molecule has 1 amide bonds. The lowest BCUT2D eigenvalue weighted by atomic mass is 9.99. The van der Waals surface area contributed by atoms with Gasteiger partial charge in [-0.3, -0.25) is 4.79 Å². The molecule has 208 valence electrons. The molecule has 1 N–H and O–H groups in total. The van der Waals surface area contributed by atoms with Gasteiger partial charge in [0.15, 0.2) is 5.82 Å². The van der Waals surface area contributed by atoms with Crippen molar-refractivity contribution < 1.29 is 9.53 Å². The maximum absolute atomic E-state index is 12.3. The van der Waals surface area contributed by atoms with E-state index < -0.39 is 5.54 Å². The van der Waals surface area contributed by atoms with Crippen LogP contribution in [0.15, 0.2) is 61.6 Å². The van der Waals surface area contributed by atoms with Gasteiger partial charge in [-0.05, 0) is 62.7 Å². The van der Waals surface area contributed by atoms with E-state index in [2.05, 4.69) is 42.1 Å². The molecule has 0 aliphatic carbocycles. The Balaban J connectivity index is 1.23. The monoisotopic (exact) mass is 550 g/mol. The van der Waals surface area contributed by atoms with Gasteiger partial charge in [0.25, 0.3) is 0 Å². The van der Waals surface area contributed by atoms with Gasteiger partial charge in [0, 0.05) is 38.4 Å². The van der Waals surface area contributed by atoms with Gasteiger partial charge in [-0.2, -0.15) is 0 Å². The lowest BCUT2D eigenvalue weighted by Crippen LogP contribution is -2.61. The van der Waals surface area contributed by atoms with Crippen molar-refractivity contribution in [3.8, 4) is 11.5 Å². The van der Waals surface area contributed by atoms with E-state index in [4.69, 9.17) is 9.72 Å². The summed E-state index contributed by atoms with van der Waals surface area (Å²) in [4.78, 5) is 34.5. The first-order valence-corrected chi connectivity index (χ1v) is 13.2. The van der Waals surface area contributed by atoms with Crippen LogP contribution < -0.4 is 15.0 Å². The number of nitrogens with zero attached hydrogens (tertiary/aromatic N) is 9. The van der Waals surface area contributed by atoms with Gasteiger partial charge in [-0.15, -0.1) is 5.10 Å². The van der Waals surface area contributed by atoms with Crippen molar-refractivity contribution in [2.75, 3.05) is 29.9 Å². The minimum absolute atomic E-state index is 0.0766. The lowest BCUT2D eigenvalue weighted by molar-refractivity contribution is -0.131. The third kappa shape index (κ3) is 4.99. The Bertz CT molecular complexity index is 1800. The number of amides is 1. The average molecular weight is 551 g/mol. The molecule has 1 aliphatic heterocycles. The summed E-state index contributed by atoms with van der Waals surface area (Å²) in [5.74, 6) is 2.47. The molecule has 41 heavy (non-hydrogen) atoms. The van der Waals surface area contributed by atoms with Gasteiger partial charge in [-0.1, -0.05) is 11.8 Å². The van der Waals surface area contributed by atoms with E-state index in [1.165, 1.54) is 12.4 Å². The lowest BCUT2D eigenvalue weighted by Gasteiger charge is -2.46. The Morgan fingerprint density at radius 3 is 2.73 bits per heavy atom. The summed E-state index contributed by atoms with van der Waals surface area (Å²) in [5.41, 5.74) is 4.31. The third-order valence-corrected chi connectivity index (χ3v) is 7.24. The van der Waals surface area contributed by atoms with Crippen molar-refractivity contribution in [1.29, 1.82) is 0 Å². The third-order valence-electron chi connectivity index (χ3n) is 7.24. The van der Waals surface area contributed by atoms with Gasteiger partial charge in [-0.25, -0.2) is 24.6 Å². The average Bonchev–Trinajstić information content (AvgIpc) is 3.33. The van der Waals surface area contributed by atoms with E-state index in [-0.39, 0.29) is 5.91 Å². The number of hydrogen-bond acceptors (Lipinski definition) is 10. The van der Waals surface area contributed by atoms with Crippen molar-refractivity contribution in [3.63, 3.8) is 0 Å². The fraction of sp³-hybridized carbons (Fsp3) is 0.276. The molecule has 12 heteroatoms. The molecule has 0 bridgehead atoms. The maximum Gasteiger partial charge on any atom is 0.246 e. The molecule has 0 radical (unpaired) electrons. The Morgan fingerprint density at radius 2 is 1.95 bits per heavy atom. The molecule has 0 unspecified atom stereocenters. The van der Waals surface area contributed by atoms with E-state index in [0.29, 0.717) is 48.2 Å². The molecular weight excluding hydrogens is 520 g/mol. The van der Waals surface area contributed by atoms with Crippen LogP contribution in [0, 0.1) is 6.92 Å². The zero-order valence-electron chi connectivity index (χ0n) is 23.4. The number of anilines is 3. The number of carbonyl (C=O) groups is 1. The number of ether oxygens (including phenoxy) is 1. The normalized spacial score (nSPS) is 14.8. The van der Waals surface area contributed by atoms with E-state index in [0.717, 1.165) is 28.0 Å². The molecule has 0 spiro atoms. The van der Waals surface area contributed by atoms with Crippen molar-refractivity contribution in [2.24, 2.45) is 7.05 Å². The van der Waals surface area contributed by atoms with Crippen molar-refractivity contribution >= 4 is 45.4 Å². The molecule has 1 saturated heterocycles. The predicted molar refractivity (Wildman–Crippen MR) is 156 cm³/mol. The number of aryl methyl sites for hydroxylation is 2. The molecule has 5 aromatic rings. The summed E-state index contributed by atoms with van der Waals surface area (Å²) < 4.78 is 7.87. The van der Waals surface area contributed by atoms with Crippen LogP contribution >= 0.6 is 0 Å². The Labute approximate surface area is 236 Å². The number of hydrogen-bond donors (Lipinski definition) is 1. The van der Waals surface area contributed by atoms with Gasteiger partial charge in [0.1, 0.15) is 34.4 Å². The second kappa shape index (κ2) is 10.1. The quantitative estimate of drug-likeness (QED) is 0.308. The zero-order valence-corrected chi connectivity index (χ0v) is 23.4. The number of benzene rings is 2. The molecule has 2 aromatic carbocycles. The van der Waals surface area contributed by atoms with Crippen LogP contribution in [-0.2, 0) is 11.8 Å². The smallest absolute Gasteiger partial charge is 0.246 e. The van der Waals surface area contributed by atoms with Crippen LogP contribution in [0.1, 0.15) is 19.4 Å². The fourth-order valence-electron chi connectivity index (χ4n) is 5.12. The minimum Gasteiger partial charge on any atom is -0.457 e. The van der Waals surface area contributed by atoms with E-state index in [9.17, 15) is 4.79 Å². The number of piperazine rings is 1. The molecule has 3 aromatic heterocycles. The van der Waals surface area contributed by atoms with Gasteiger partial charge in [0.2, 0.25) is 11.9 Å². The standard InChI is InChI=1S/C29H30N10O2/c1-6-25(40)39-12-11-38(16-29(39,3)4)28-30-15-22-26(34-28)27(32-17-31-22)33-19-7-10-24(18(2)13-19)41-20-8-9-23-21(14-20)35-36-37(23)5/h6-10,13-15,17H,1,11-12,16H2,2-5H3,(H,31,32,33). The summed E-state index contributed by atoms with van der Waals surface area (Å²) in [6, 6.07) is 11.5. The summed E-state index contributed by atoms with van der Waals surface area (Å²) in [6.45, 7) is 11.4. The molecule has 6 rings (SSSR count). The van der Waals surface area contributed by atoms with Crippen LogP contribution in [0.2, 0.25) is 0 Å². The summed E-state index contributed by atoms with van der Waals surface area (Å²) >= 11 is 0. The predicted octanol–water partition coefficient (Wildman–Crippen LogP) is 4.16. The second-order valence-corrected chi connectivity index (χ2v) is 10.6. The van der Waals surface area contributed by atoms with Gasteiger partial charge in [0.05, 0.1) is 17.3 Å². The van der Waals surface area contributed by atoms with Crippen molar-refractivity contribution in [3.05, 3.63) is 67.1 Å². The Hall–Kier alpha value is -5.13. The topological polar surface area (TPSA) is 127 Å². The Kier molecular flexibility index (Phi) is 6.45. The molecule has 0 atom stereocenters. The van der Waals surface area contributed by atoms with Crippen LogP contribution in [0.25, 0.3) is 22.1 Å². The molecule has 0 saturated carbocycles. The number of fused-ring (bicyclic) bond motifs is 2. The van der Waals surface area contributed by atoms with E-state index in [1.807, 2.05) is 69.1 Å². The first-order chi connectivity index (χ1) is 19.7. The number of aromatic nitrogens is 7. The molecular formula is C29H30N10O2. The molecule has 4 heterocycles.